The largest absolute Gasteiger partial charge is 0.493 e. The molecule has 10 nitrogen and oxygen atoms in total. The summed E-state index contributed by atoms with van der Waals surface area (Å²) in [6.07, 6.45) is -0.968. The van der Waals surface area contributed by atoms with Gasteiger partial charge in [0.05, 0.1) is 14.2 Å². The quantitative estimate of drug-likeness (QED) is 0.322. The number of fused-ring (bicyclic) bond motifs is 1. The number of benzene rings is 2. The molecule has 4 N–H and O–H groups in total. The third-order valence-corrected chi connectivity index (χ3v) is 6.93. The van der Waals surface area contributed by atoms with Crippen LogP contribution < -0.4 is 20.5 Å². The molecule has 214 valence electrons. The summed E-state index contributed by atoms with van der Waals surface area (Å²) in [6, 6.07) is 7.19. The highest BCUT2D eigenvalue weighted by atomic mass is 19.1. The Kier molecular flexibility index (Phi) is 9.13. The lowest BCUT2D eigenvalue weighted by atomic mass is 9.96. The summed E-state index contributed by atoms with van der Waals surface area (Å²) in [6.45, 7) is 2.88. The van der Waals surface area contributed by atoms with Crippen molar-refractivity contribution in [2.45, 2.75) is 32.1 Å². The predicted octanol–water partition coefficient (Wildman–Crippen LogP) is 3.20. The number of aromatic nitrogens is 2. The van der Waals surface area contributed by atoms with Crippen LogP contribution in [0, 0.1) is 11.6 Å². The molecule has 2 atom stereocenters. The number of hydrogen-bond acceptors (Lipinski definition) is 9. The van der Waals surface area contributed by atoms with E-state index in [0.717, 1.165) is 5.56 Å². The van der Waals surface area contributed by atoms with Gasteiger partial charge in [-0.3, -0.25) is 4.79 Å². The fraction of sp³-hybridized carbons (Fsp3) is 0.393. The number of halogens is 2. The molecule has 2 heterocycles. The van der Waals surface area contributed by atoms with Crippen LogP contribution in [0.4, 0.5) is 14.6 Å². The minimum Gasteiger partial charge on any atom is -0.493 e. The normalized spacial score (nSPS) is 15.3. The number of carbonyl (C=O) groups is 1. The van der Waals surface area contributed by atoms with Crippen LogP contribution in [0.25, 0.3) is 16.5 Å². The number of nitrogens with one attached hydrogen (secondary N) is 1. The summed E-state index contributed by atoms with van der Waals surface area (Å²) >= 11 is 0. The zero-order valence-electron chi connectivity index (χ0n) is 22.8. The van der Waals surface area contributed by atoms with Crippen LogP contribution >= 0.6 is 0 Å². The number of anilines is 1. The molecule has 1 unspecified atom stereocenters. The molecule has 12 heteroatoms. The van der Waals surface area contributed by atoms with Crippen LogP contribution in [0.3, 0.4) is 0 Å². The SMILES string of the molecule is CCN[C@H](CC(=O)N1CCC(c2nc(N)c3cc(OC)c(OC)c(F)c3n2)=C(C(O)OC)C1)c1ccc(F)cc1. The summed E-state index contributed by atoms with van der Waals surface area (Å²) in [5.41, 5.74) is 7.79. The first-order chi connectivity index (χ1) is 19.2. The highest BCUT2D eigenvalue weighted by Crippen LogP contribution is 2.38. The first-order valence-electron chi connectivity index (χ1n) is 12.8. The molecule has 0 saturated heterocycles. The average molecular weight is 558 g/mol. The van der Waals surface area contributed by atoms with Crippen LogP contribution in [-0.4, -0.2) is 73.1 Å². The Balaban J connectivity index is 1.68. The molecule has 3 aromatic rings. The van der Waals surface area contributed by atoms with Gasteiger partial charge in [0.2, 0.25) is 5.91 Å². The van der Waals surface area contributed by atoms with E-state index in [-0.39, 0.29) is 71.2 Å². The Morgan fingerprint density at radius 3 is 2.52 bits per heavy atom. The highest BCUT2D eigenvalue weighted by molar-refractivity contribution is 5.92. The second-order valence-corrected chi connectivity index (χ2v) is 9.28. The van der Waals surface area contributed by atoms with Gasteiger partial charge < -0.3 is 35.3 Å². The molecule has 0 aliphatic carbocycles. The van der Waals surface area contributed by atoms with Crippen molar-refractivity contribution in [2.75, 3.05) is 46.7 Å². The van der Waals surface area contributed by atoms with E-state index in [1.54, 1.807) is 17.0 Å². The summed E-state index contributed by atoms with van der Waals surface area (Å²) < 4.78 is 44.4. The maximum atomic E-state index is 15.4. The molecule has 1 amide bonds. The Morgan fingerprint density at radius 2 is 1.90 bits per heavy atom. The fourth-order valence-electron chi connectivity index (χ4n) is 4.86. The van der Waals surface area contributed by atoms with Crippen LogP contribution in [-0.2, 0) is 9.53 Å². The maximum Gasteiger partial charge on any atom is 0.224 e. The number of aliphatic hydroxyl groups excluding tert-OH is 1. The van der Waals surface area contributed by atoms with E-state index in [4.69, 9.17) is 19.9 Å². The van der Waals surface area contributed by atoms with E-state index < -0.39 is 12.1 Å². The Morgan fingerprint density at radius 1 is 1.18 bits per heavy atom. The molecule has 0 saturated carbocycles. The minimum atomic E-state index is -1.36. The highest BCUT2D eigenvalue weighted by Gasteiger charge is 2.31. The van der Waals surface area contributed by atoms with E-state index in [1.807, 2.05) is 6.92 Å². The van der Waals surface area contributed by atoms with Crippen molar-refractivity contribution in [3.8, 4) is 11.5 Å². The first kappa shape index (κ1) is 29.1. The lowest BCUT2D eigenvalue weighted by Gasteiger charge is -2.33. The Bertz CT molecular complexity index is 1420. The second-order valence-electron chi connectivity index (χ2n) is 9.28. The Labute approximate surface area is 230 Å². The summed E-state index contributed by atoms with van der Waals surface area (Å²) in [7, 11) is 4.03. The van der Waals surface area contributed by atoms with Crippen molar-refractivity contribution in [3.63, 3.8) is 0 Å². The third kappa shape index (κ3) is 5.83. The molecule has 1 aliphatic heterocycles. The number of nitrogens with two attached hydrogens (primary N) is 1. The van der Waals surface area contributed by atoms with Crippen molar-refractivity contribution in [1.82, 2.24) is 20.2 Å². The third-order valence-electron chi connectivity index (χ3n) is 6.93. The van der Waals surface area contributed by atoms with Gasteiger partial charge in [0, 0.05) is 49.2 Å². The van der Waals surface area contributed by atoms with Crippen LogP contribution in [0.5, 0.6) is 11.5 Å². The molecule has 40 heavy (non-hydrogen) atoms. The summed E-state index contributed by atoms with van der Waals surface area (Å²) in [5, 5.41) is 14.2. The minimum absolute atomic E-state index is 0.0184. The zero-order chi connectivity index (χ0) is 29.0. The molecule has 2 aromatic carbocycles. The van der Waals surface area contributed by atoms with E-state index in [9.17, 15) is 14.3 Å². The zero-order valence-corrected chi connectivity index (χ0v) is 22.8. The standard InChI is InChI=1S/C28H33F2N5O5/c1-5-32-20(15-6-8-16(29)9-7-15)13-22(36)35-11-10-17(19(14-35)28(37)40-4)27-33-24-18(26(31)34-27)12-21(38-2)25(39-3)23(24)30/h6-9,12,20,28,32,37H,5,10-11,13-14H2,1-4H3,(H2,31,33,34)/t20-,28?/m1/s1. The smallest absolute Gasteiger partial charge is 0.224 e. The monoisotopic (exact) mass is 557 g/mol. The maximum absolute atomic E-state index is 15.4. The lowest BCUT2D eigenvalue weighted by molar-refractivity contribution is -0.132. The fourth-order valence-corrected chi connectivity index (χ4v) is 4.86. The number of aliphatic hydroxyl groups is 1. The molecule has 0 fully saturated rings. The van der Waals surface area contributed by atoms with Crippen molar-refractivity contribution in [1.29, 1.82) is 0 Å². The van der Waals surface area contributed by atoms with E-state index in [2.05, 4.69) is 15.3 Å². The van der Waals surface area contributed by atoms with Gasteiger partial charge in [0.25, 0.3) is 0 Å². The number of amides is 1. The van der Waals surface area contributed by atoms with E-state index >= 15 is 4.39 Å². The van der Waals surface area contributed by atoms with Gasteiger partial charge in [-0.05, 0) is 36.7 Å². The van der Waals surface area contributed by atoms with Gasteiger partial charge in [-0.15, -0.1) is 0 Å². The predicted molar refractivity (Wildman–Crippen MR) is 146 cm³/mol. The summed E-state index contributed by atoms with van der Waals surface area (Å²) in [5.74, 6) is -1.13. The molecule has 0 bridgehead atoms. The molecule has 0 radical (unpaired) electrons. The molecular weight excluding hydrogens is 524 g/mol. The summed E-state index contributed by atoms with van der Waals surface area (Å²) in [4.78, 5) is 23.8. The van der Waals surface area contributed by atoms with Gasteiger partial charge in [0.15, 0.2) is 29.4 Å². The second kappa shape index (κ2) is 12.5. The number of nitrogens with zero attached hydrogens (tertiary/aromatic N) is 3. The number of hydrogen-bond donors (Lipinski definition) is 3. The number of rotatable bonds is 10. The van der Waals surface area contributed by atoms with Gasteiger partial charge in [-0.25, -0.2) is 18.7 Å². The topological polar surface area (TPSA) is 132 Å². The van der Waals surface area contributed by atoms with Gasteiger partial charge in [-0.2, -0.15) is 0 Å². The van der Waals surface area contributed by atoms with Crippen molar-refractivity contribution in [3.05, 3.63) is 58.9 Å². The van der Waals surface area contributed by atoms with Crippen molar-refractivity contribution in [2.24, 2.45) is 0 Å². The number of methoxy groups -OCH3 is 3. The van der Waals surface area contributed by atoms with E-state index in [1.165, 1.54) is 39.5 Å². The number of carbonyl (C=O) groups excluding carboxylic acids is 1. The van der Waals surface area contributed by atoms with Crippen LogP contribution in [0.1, 0.15) is 37.2 Å². The molecular formula is C28H33F2N5O5. The number of nitrogen functional groups attached to an aromatic ring is 1. The van der Waals surface area contributed by atoms with Crippen LogP contribution in [0.15, 0.2) is 35.9 Å². The van der Waals surface area contributed by atoms with Crippen molar-refractivity contribution < 1.29 is 32.9 Å². The molecule has 1 aromatic heterocycles. The van der Waals surface area contributed by atoms with Gasteiger partial charge in [0.1, 0.15) is 17.2 Å². The van der Waals surface area contributed by atoms with Gasteiger partial charge >= 0.3 is 0 Å². The van der Waals surface area contributed by atoms with Crippen molar-refractivity contribution >= 4 is 28.2 Å². The van der Waals surface area contributed by atoms with Crippen LogP contribution in [0.2, 0.25) is 0 Å². The molecule has 1 aliphatic rings. The Hall–Kier alpha value is -3.87. The van der Waals surface area contributed by atoms with E-state index in [0.29, 0.717) is 24.2 Å². The number of ether oxygens (including phenoxy) is 3. The van der Waals surface area contributed by atoms with Gasteiger partial charge in [-0.1, -0.05) is 19.1 Å². The average Bonchev–Trinajstić information content (AvgIpc) is 2.96. The molecule has 0 spiro atoms. The molecule has 4 rings (SSSR count). The first-order valence-corrected chi connectivity index (χ1v) is 12.8. The lowest BCUT2D eigenvalue weighted by Crippen LogP contribution is -2.41.